The largest absolute Gasteiger partial charge is 0.358 e. The van der Waals surface area contributed by atoms with Crippen LogP contribution in [-0.4, -0.2) is 22.6 Å². The van der Waals surface area contributed by atoms with Crippen molar-refractivity contribution in [1.29, 1.82) is 0 Å². The highest BCUT2D eigenvalue weighted by atomic mass is 32.1. The van der Waals surface area contributed by atoms with Gasteiger partial charge in [0.1, 0.15) is 0 Å². The van der Waals surface area contributed by atoms with Crippen LogP contribution < -0.4 is 10.6 Å². The molecule has 2 aromatic heterocycles. The first-order chi connectivity index (χ1) is 13.2. The summed E-state index contributed by atoms with van der Waals surface area (Å²) in [6.07, 6.45) is 2.14. The minimum atomic E-state index is 0.384. The van der Waals surface area contributed by atoms with Gasteiger partial charge in [0.05, 0.1) is 10.2 Å². The SMILES string of the molecule is CCC(C)N.c1ccc2sc(N3CCc4[nH]c5ccccc5c4C3)nc2c1. The van der Waals surface area contributed by atoms with Crippen LogP contribution in [0.15, 0.2) is 48.5 Å². The number of nitrogens with one attached hydrogen (secondary N) is 1. The summed E-state index contributed by atoms with van der Waals surface area (Å²) >= 11 is 1.79. The molecule has 0 saturated heterocycles. The normalized spacial score (nSPS) is 14.7. The Balaban J connectivity index is 0.000000323. The second kappa shape index (κ2) is 7.71. The van der Waals surface area contributed by atoms with Crippen molar-refractivity contribution < 1.29 is 0 Å². The average Bonchev–Trinajstić information content (AvgIpc) is 3.29. The molecule has 0 spiro atoms. The first-order valence-corrected chi connectivity index (χ1v) is 10.4. The van der Waals surface area contributed by atoms with Gasteiger partial charge in [-0.2, -0.15) is 0 Å². The van der Waals surface area contributed by atoms with E-state index in [4.69, 9.17) is 10.7 Å². The number of aromatic nitrogens is 2. The molecule has 0 fully saturated rings. The summed E-state index contributed by atoms with van der Waals surface area (Å²) in [5.41, 5.74) is 10.5. The third kappa shape index (κ3) is 3.70. The molecule has 0 radical (unpaired) electrons. The minimum Gasteiger partial charge on any atom is -0.358 e. The standard InChI is InChI=1S/C18H15N3S.C4H11N/c1-2-6-14-12(5-1)13-11-21(10-9-15(13)19-14)18-20-16-7-3-4-8-17(16)22-18;1-3-4(2)5/h1-8,19H,9-11H2;4H,3,5H2,1-2H3. The summed E-state index contributed by atoms with van der Waals surface area (Å²) in [5, 5.41) is 2.49. The summed E-state index contributed by atoms with van der Waals surface area (Å²) in [6.45, 7) is 6.05. The van der Waals surface area contributed by atoms with Crippen LogP contribution in [0, 0.1) is 0 Å². The van der Waals surface area contributed by atoms with Crippen molar-refractivity contribution in [3.63, 3.8) is 0 Å². The Kier molecular flexibility index (Phi) is 5.14. The van der Waals surface area contributed by atoms with E-state index in [1.807, 2.05) is 6.92 Å². The Labute approximate surface area is 164 Å². The monoisotopic (exact) mass is 378 g/mol. The molecule has 0 saturated carbocycles. The van der Waals surface area contributed by atoms with Crippen molar-refractivity contribution in [2.45, 2.75) is 39.3 Å². The minimum absolute atomic E-state index is 0.384. The third-order valence-electron chi connectivity index (χ3n) is 5.08. The number of para-hydroxylation sites is 2. The topological polar surface area (TPSA) is 57.9 Å². The maximum absolute atomic E-state index is 5.29. The summed E-state index contributed by atoms with van der Waals surface area (Å²) in [7, 11) is 0. The molecule has 1 aliphatic heterocycles. The van der Waals surface area contributed by atoms with E-state index in [2.05, 4.69) is 65.3 Å². The van der Waals surface area contributed by atoms with Gasteiger partial charge in [-0.3, -0.25) is 0 Å². The molecule has 5 rings (SSSR count). The average molecular weight is 379 g/mol. The number of thiazole rings is 1. The van der Waals surface area contributed by atoms with Crippen LogP contribution in [0.2, 0.25) is 0 Å². The number of hydrogen-bond acceptors (Lipinski definition) is 4. The molecule has 1 atom stereocenters. The molecule has 3 heterocycles. The maximum Gasteiger partial charge on any atom is 0.186 e. The van der Waals surface area contributed by atoms with Crippen LogP contribution in [0.3, 0.4) is 0 Å². The molecule has 140 valence electrons. The van der Waals surface area contributed by atoms with Gasteiger partial charge in [-0.15, -0.1) is 0 Å². The van der Waals surface area contributed by atoms with Gasteiger partial charge in [-0.1, -0.05) is 48.6 Å². The number of nitrogens with zero attached hydrogens (tertiary/aromatic N) is 2. The van der Waals surface area contributed by atoms with Gasteiger partial charge >= 0.3 is 0 Å². The van der Waals surface area contributed by atoms with E-state index in [-0.39, 0.29) is 0 Å². The van der Waals surface area contributed by atoms with Gasteiger partial charge in [0, 0.05) is 47.7 Å². The molecule has 3 N–H and O–H groups in total. The van der Waals surface area contributed by atoms with Crippen molar-refractivity contribution in [1.82, 2.24) is 9.97 Å². The van der Waals surface area contributed by atoms with Gasteiger partial charge in [-0.25, -0.2) is 4.98 Å². The Hall–Kier alpha value is -2.37. The molecule has 27 heavy (non-hydrogen) atoms. The van der Waals surface area contributed by atoms with Crippen LogP contribution in [0.1, 0.15) is 31.5 Å². The van der Waals surface area contributed by atoms with Gasteiger partial charge < -0.3 is 15.6 Å². The van der Waals surface area contributed by atoms with E-state index in [0.717, 1.165) is 36.6 Å². The predicted molar refractivity (Wildman–Crippen MR) is 117 cm³/mol. The van der Waals surface area contributed by atoms with Crippen LogP contribution in [0.25, 0.3) is 21.1 Å². The van der Waals surface area contributed by atoms with Crippen molar-refractivity contribution in [2.24, 2.45) is 5.73 Å². The lowest BCUT2D eigenvalue weighted by Gasteiger charge is -2.26. The lowest BCUT2D eigenvalue weighted by atomic mass is 10.1. The Bertz CT molecular complexity index is 1010. The van der Waals surface area contributed by atoms with Crippen molar-refractivity contribution in [2.75, 3.05) is 11.4 Å². The molecule has 0 bridgehead atoms. The smallest absolute Gasteiger partial charge is 0.186 e. The maximum atomic E-state index is 5.29. The zero-order valence-electron chi connectivity index (χ0n) is 15.9. The number of hydrogen-bond donors (Lipinski definition) is 2. The predicted octanol–water partition coefficient (Wildman–Crippen LogP) is 5.08. The highest BCUT2D eigenvalue weighted by Crippen LogP contribution is 2.34. The lowest BCUT2D eigenvalue weighted by molar-refractivity contribution is 0.715. The molecular weight excluding hydrogens is 352 g/mol. The number of rotatable bonds is 2. The number of nitrogens with two attached hydrogens (primary N) is 1. The van der Waals surface area contributed by atoms with E-state index in [1.54, 1.807) is 11.3 Å². The van der Waals surface area contributed by atoms with E-state index in [1.165, 1.54) is 26.9 Å². The van der Waals surface area contributed by atoms with Crippen LogP contribution in [0.4, 0.5) is 5.13 Å². The molecule has 4 aromatic rings. The zero-order chi connectivity index (χ0) is 18.8. The number of anilines is 1. The van der Waals surface area contributed by atoms with E-state index < -0.39 is 0 Å². The highest BCUT2D eigenvalue weighted by molar-refractivity contribution is 7.22. The molecule has 5 heteroatoms. The highest BCUT2D eigenvalue weighted by Gasteiger charge is 2.22. The molecule has 1 unspecified atom stereocenters. The fourth-order valence-electron chi connectivity index (χ4n) is 3.33. The Morgan fingerprint density at radius 1 is 1.19 bits per heavy atom. The van der Waals surface area contributed by atoms with Crippen LogP contribution >= 0.6 is 11.3 Å². The second-order valence-electron chi connectivity index (χ2n) is 7.15. The fraction of sp³-hybridized carbons (Fsp3) is 0.318. The van der Waals surface area contributed by atoms with Crippen LogP contribution in [-0.2, 0) is 13.0 Å². The van der Waals surface area contributed by atoms with Gasteiger partial charge in [-0.05, 0) is 31.5 Å². The quantitative estimate of drug-likeness (QED) is 0.511. The van der Waals surface area contributed by atoms with E-state index in [0.29, 0.717) is 6.04 Å². The lowest BCUT2D eigenvalue weighted by Crippen LogP contribution is -2.29. The molecular formula is C22H26N4S. The number of fused-ring (bicyclic) bond motifs is 4. The molecule has 2 aromatic carbocycles. The van der Waals surface area contributed by atoms with Gasteiger partial charge in [0.2, 0.25) is 0 Å². The van der Waals surface area contributed by atoms with Crippen molar-refractivity contribution in [3.8, 4) is 0 Å². The zero-order valence-corrected chi connectivity index (χ0v) is 16.7. The first kappa shape index (κ1) is 18.0. The second-order valence-corrected chi connectivity index (χ2v) is 8.16. The number of H-pyrrole nitrogens is 1. The van der Waals surface area contributed by atoms with Gasteiger partial charge in [0.25, 0.3) is 0 Å². The van der Waals surface area contributed by atoms with Crippen LogP contribution in [0.5, 0.6) is 0 Å². The summed E-state index contributed by atoms with van der Waals surface area (Å²) in [4.78, 5) is 10.8. The van der Waals surface area contributed by atoms with E-state index in [9.17, 15) is 0 Å². The number of benzene rings is 2. The molecule has 4 nitrogen and oxygen atoms in total. The van der Waals surface area contributed by atoms with Crippen molar-refractivity contribution in [3.05, 3.63) is 59.8 Å². The van der Waals surface area contributed by atoms with Crippen molar-refractivity contribution >= 4 is 37.6 Å². The number of aromatic amines is 1. The fourth-order valence-corrected chi connectivity index (χ4v) is 4.32. The molecule has 0 aliphatic carbocycles. The van der Waals surface area contributed by atoms with E-state index >= 15 is 0 Å². The summed E-state index contributed by atoms with van der Waals surface area (Å²) in [5.74, 6) is 0. The molecule has 0 amide bonds. The third-order valence-corrected chi connectivity index (χ3v) is 6.18. The Morgan fingerprint density at radius 2 is 1.93 bits per heavy atom. The van der Waals surface area contributed by atoms with Gasteiger partial charge in [0.15, 0.2) is 5.13 Å². The summed E-state index contributed by atoms with van der Waals surface area (Å²) in [6, 6.07) is 17.4. The Morgan fingerprint density at radius 3 is 2.70 bits per heavy atom. The summed E-state index contributed by atoms with van der Waals surface area (Å²) < 4.78 is 1.27. The first-order valence-electron chi connectivity index (χ1n) is 9.60. The molecule has 1 aliphatic rings.